The molecule has 0 aromatic heterocycles. The summed E-state index contributed by atoms with van der Waals surface area (Å²) in [5.74, 6) is -0.951. The molecule has 0 radical (unpaired) electrons. The molecule has 1 fully saturated rings. The summed E-state index contributed by atoms with van der Waals surface area (Å²) in [5, 5.41) is 14.0. The van der Waals surface area contributed by atoms with Crippen molar-refractivity contribution < 1.29 is 24.2 Å². The average molecular weight is 274 g/mol. The quantitative estimate of drug-likeness (QED) is 0.593. The Morgan fingerprint density at radius 1 is 1.42 bits per heavy atom. The number of hydrogen-bond donors (Lipinski definition) is 3. The van der Waals surface area contributed by atoms with Gasteiger partial charge in [0, 0.05) is 26.3 Å². The van der Waals surface area contributed by atoms with Crippen molar-refractivity contribution in [3.05, 3.63) is 0 Å². The van der Waals surface area contributed by atoms with Gasteiger partial charge in [-0.15, -0.1) is 0 Å². The Balaban J connectivity index is 2.13. The normalized spacial score (nSPS) is 23.3. The lowest BCUT2D eigenvalue weighted by Crippen LogP contribution is -2.52. The highest BCUT2D eigenvalue weighted by molar-refractivity contribution is 5.74. The summed E-state index contributed by atoms with van der Waals surface area (Å²) in [5.41, 5.74) is 0. The van der Waals surface area contributed by atoms with Crippen LogP contribution in [0, 0.1) is 0 Å². The highest BCUT2D eigenvalue weighted by atomic mass is 16.5. The molecule has 0 spiro atoms. The van der Waals surface area contributed by atoms with E-state index in [0.29, 0.717) is 6.61 Å². The number of rotatable bonds is 8. The van der Waals surface area contributed by atoms with Crippen molar-refractivity contribution in [2.24, 2.45) is 0 Å². The summed E-state index contributed by atoms with van der Waals surface area (Å²) in [4.78, 5) is 22.1. The largest absolute Gasteiger partial charge is 0.481 e. The number of carbonyl (C=O) groups is 2. The van der Waals surface area contributed by atoms with Crippen LogP contribution in [0.3, 0.4) is 0 Å². The van der Waals surface area contributed by atoms with Crippen LogP contribution in [0.4, 0.5) is 4.79 Å². The number of aliphatic carboxylic acids is 1. The molecule has 7 heteroatoms. The first-order valence-corrected chi connectivity index (χ1v) is 6.45. The van der Waals surface area contributed by atoms with Crippen molar-refractivity contribution in [1.29, 1.82) is 0 Å². The van der Waals surface area contributed by atoms with Gasteiger partial charge in [0.15, 0.2) is 0 Å². The molecule has 0 aliphatic heterocycles. The number of hydrogen-bond acceptors (Lipinski definition) is 4. The van der Waals surface area contributed by atoms with Crippen LogP contribution in [0.15, 0.2) is 0 Å². The third-order valence-corrected chi connectivity index (χ3v) is 3.06. The average Bonchev–Trinajstić information content (AvgIpc) is 2.31. The lowest BCUT2D eigenvalue weighted by atomic mass is 9.89. The SMILES string of the molecule is CCOC1CC(NC(=O)NCC(CC(=O)O)OC)C1. The van der Waals surface area contributed by atoms with Gasteiger partial charge in [-0.2, -0.15) is 0 Å². The van der Waals surface area contributed by atoms with Crippen LogP contribution in [-0.2, 0) is 14.3 Å². The molecule has 7 nitrogen and oxygen atoms in total. The first kappa shape index (κ1) is 15.7. The highest BCUT2D eigenvalue weighted by Crippen LogP contribution is 2.22. The molecule has 0 bridgehead atoms. The monoisotopic (exact) mass is 274 g/mol. The minimum atomic E-state index is -0.951. The van der Waals surface area contributed by atoms with Gasteiger partial charge in [0.2, 0.25) is 0 Å². The summed E-state index contributed by atoms with van der Waals surface area (Å²) in [6, 6.07) is -0.163. The summed E-state index contributed by atoms with van der Waals surface area (Å²) < 4.78 is 10.4. The molecule has 3 N–H and O–H groups in total. The smallest absolute Gasteiger partial charge is 0.315 e. The minimum absolute atomic E-state index is 0.132. The number of carbonyl (C=O) groups excluding carboxylic acids is 1. The molecule has 1 rings (SSSR count). The van der Waals surface area contributed by atoms with Crippen LogP contribution in [0.25, 0.3) is 0 Å². The fraction of sp³-hybridized carbons (Fsp3) is 0.833. The van der Waals surface area contributed by atoms with E-state index in [1.165, 1.54) is 7.11 Å². The second-order valence-electron chi connectivity index (χ2n) is 4.56. The van der Waals surface area contributed by atoms with E-state index in [1.54, 1.807) is 0 Å². The Hall–Kier alpha value is -1.34. The lowest BCUT2D eigenvalue weighted by molar-refractivity contribution is -0.139. The van der Waals surface area contributed by atoms with E-state index < -0.39 is 12.1 Å². The summed E-state index contributed by atoms with van der Waals surface area (Å²) in [6.45, 7) is 2.81. The van der Waals surface area contributed by atoms with E-state index >= 15 is 0 Å². The first-order chi connectivity index (χ1) is 9.05. The van der Waals surface area contributed by atoms with Crippen LogP contribution >= 0.6 is 0 Å². The molecule has 1 aliphatic rings. The Labute approximate surface area is 112 Å². The molecule has 1 unspecified atom stereocenters. The van der Waals surface area contributed by atoms with Gasteiger partial charge in [0.25, 0.3) is 0 Å². The molecule has 19 heavy (non-hydrogen) atoms. The Bertz CT molecular complexity index is 304. The second kappa shape index (κ2) is 7.96. The van der Waals surface area contributed by atoms with Gasteiger partial charge in [0.05, 0.1) is 18.6 Å². The van der Waals surface area contributed by atoms with Crippen molar-refractivity contribution >= 4 is 12.0 Å². The molecule has 1 atom stereocenters. The third kappa shape index (κ3) is 5.89. The zero-order chi connectivity index (χ0) is 14.3. The maximum atomic E-state index is 11.6. The number of carboxylic acid groups (broad SMARTS) is 1. The Morgan fingerprint density at radius 2 is 2.11 bits per heavy atom. The number of nitrogens with one attached hydrogen (secondary N) is 2. The predicted molar refractivity (Wildman–Crippen MR) is 68.0 cm³/mol. The van der Waals surface area contributed by atoms with Crippen molar-refractivity contribution in [3.8, 4) is 0 Å². The Morgan fingerprint density at radius 3 is 2.63 bits per heavy atom. The lowest BCUT2D eigenvalue weighted by Gasteiger charge is -2.35. The molecule has 110 valence electrons. The molecule has 0 heterocycles. The molecule has 0 aromatic carbocycles. The molecular weight excluding hydrogens is 252 g/mol. The molecule has 1 saturated carbocycles. The highest BCUT2D eigenvalue weighted by Gasteiger charge is 2.30. The van der Waals surface area contributed by atoms with Gasteiger partial charge in [-0.25, -0.2) is 4.79 Å². The van der Waals surface area contributed by atoms with E-state index in [0.717, 1.165) is 12.8 Å². The van der Waals surface area contributed by atoms with Gasteiger partial charge in [-0.05, 0) is 19.8 Å². The van der Waals surface area contributed by atoms with Crippen LogP contribution in [-0.4, -0.2) is 55.6 Å². The van der Waals surface area contributed by atoms with Crippen molar-refractivity contribution in [1.82, 2.24) is 10.6 Å². The van der Waals surface area contributed by atoms with E-state index in [1.807, 2.05) is 6.92 Å². The van der Waals surface area contributed by atoms with Gasteiger partial charge < -0.3 is 25.2 Å². The molecule has 2 amide bonds. The van der Waals surface area contributed by atoms with Crippen LogP contribution in [0.5, 0.6) is 0 Å². The number of urea groups is 1. The van der Waals surface area contributed by atoms with Gasteiger partial charge >= 0.3 is 12.0 Å². The zero-order valence-electron chi connectivity index (χ0n) is 11.3. The van der Waals surface area contributed by atoms with E-state index in [-0.39, 0.29) is 31.1 Å². The summed E-state index contributed by atoms with van der Waals surface area (Å²) >= 11 is 0. The number of ether oxygens (including phenoxy) is 2. The van der Waals surface area contributed by atoms with Gasteiger partial charge in [-0.3, -0.25) is 4.79 Å². The maximum Gasteiger partial charge on any atom is 0.315 e. The minimum Gasteiger partial charge on any atom is -0.481 e. The third-order valence-electron chi connectivity index (χ3n) is 3.06. The number of amides is 2. The first-order valence-electron chi connectivity index (χ1n) is 6.45. The van der Waals surface area contributed by atoms with E-state index in [4.69, 9.17) is 14.6 Å². The van der Waals surface area contributed by atoms with E-state index in [2.05, 4.69) is 10.6 Å². The Kier molecular flexibility index (Phi) is 6.58. The van der Waals surface area contributed by atoms with Gasteiger partial charge in [-0.1, -0.05) is 0 Å². The second-order valence-corrected chi connectivity index (χ2v) is 4.56. The van der Waals surface area contributed by atoms with Crippen LogP contribution in [0.1, 0.15) is 26.2 Å². The van der Waals surface area contributed by atoms with Crippen LogP contribution in [0.2, 0.25) is 0 Å². The van der Waals surface area contributed by atoms with Crippen molar-refractivity contribution in [3.63, 3.8) is 0 Å². The number of carboxylic acids is 1. The maximum absolute atomic E-state index is 11.6. The molecule has 1 aliphatic carbocycles. The predicted octanol–water partition coefficient (Wildman–Crippen LogP) is 0.343. The summed E-state index contributed by atoms with van der Waals surface area (Å²) in [7, 11) is 1.42. The van der Waals surface area contributed by atoms with Gasteiger partial charge in [0.1, 0.15) is 0 Å². The standard InChI is InChI=1S/C12H22N2O5/c1-3-19-9-4-8(5-9)14-12(17)13-7-10(18-2)6-11(15)16/h8-10H,3-7H2,1-2H3,(H,15,16)(H2,13,14,17). The number of methoxy groups -OCH3 is 1. The van der Waals surface area contributed by atoms with E-state index in [9.17, 15) is 9.59 Å². The van der Waals surface area contributed by atoms with Crippen LogP contribution < -0.4 is 10.6 Å². The molecule has 0 saturated heterocycles. The fourth-order valence-corrected chi connectivity index (χ4v) is 1.93. The topological polar surface area (TPSA) is 96.9 Å². The fourth-order valence-electron chi connectivity index (χ4n) is 1.93. The zero-order valence-corrected chi connectivity index (χ0v) is 11.3. The van der Waals surface area contributed by atoms with Crippen molar-refractivity contribution in [2.75, 3.05) is 20.3 Å². The molecular formula is C12H22N2O5. The van der Waals surface area contributed by atoms with Crippen molar-refractivity contribution in [2.45, 2.75) is 44.4 Å². The summed E-state index contributed by atoms with van der Waals surface area (Å²) in [6.07, 6.45) is 1.25. The molecule has 0 aromatic rings.